The molecule has 1 aromatic rings. The van der Waals surface area contributed by atoms with Crippen molar-refractivity contribution in [2.75, 3.05) is 18.9 Å². The van der Waals surface area contributed by atoms with E-state index < -0.39 is 5.97 Å². The van der Waals surface area contributed by atoms with E-state index in [1.165, 1.54) is 4.68 Å². The number of aromatic nitrogens is 2. The number of amides is 1. The minimum atomic E-state index is -0.647. The van der Waals surface area contributed by atoms with Gasteiger partial charge in [0.1, 0.15) is 0 Å². The molecule has 1 heterocycles. The van der Waals surface area contributed by atoms with Gasteiger partial charge in [-0.15, -0.1) is 0 Å². The third kappa shape index (κ3) is 3.97. The lowest BCUT2D eigenvalue weighted by atomic mass is 10.3. The molecule has 0 aliphatic rings. The molecule has 0 radical (unpaired) electrons. The number of hydrogen-bond acceptors (Lipinski definition) is 5. The number of carbonyl (C=O) groups is 2. The molecule has 0 bridgehead atoms. The van der Waals surface area contributed by atoms with E-state index in [-0.39, 0.29) is 23.9 Å². The summed E-state index contributed by atoms with van der Waals surface area (Å²) in [5, 5.41) is 6.66. The summed E-state index contributed by atoms with van der Waals surface area (Å²) < 4.78 is 6.25. The summed E-state index contributed by atoms with van der Waals surface area (Å²) in [6.45, 7) is 4.00. The van der Waals surface area contributed by atoms with E-state index in [2.05, 4.69) is 10.4 Å². The van der Waals surface area contributed by atoms with Crippen LogP contribution in [0.2, 0.25) is 0 Å². The molecule has 7 nitrogen and oxygen atoms in total. The first-order valence-corrected chi connectivity index (χ1v) is 6.20. The Kier molecular flexibility index (Phi) is 5.35. The molecule has 0 aliphatic carbocycles. The molecule has 0 spiro atoms. The molecule has 0 saturated heterocycles. The Bertz CT molecular complexity index is 468. The van der Waals surface area contributed by atoms with Crippen LogP contribution in [0.3, 0.4) is 0 Å². The van der Waals surface area contributed by atoms with Gasteiger partial charge >= 0.3 is 5.97 Å². The minimum absolute atomic E-state index is 0.166. The molecule has 1 rings (SSSR count). The Labute approximate surface area is 112 Å². The molecule has 0 saturated carbocycles. The lowest BCUT2D eigenvalue weighted by Gasteiger charge is -2.06. The van der Waals surface area contributed by atoms with Gasteiger partial charge in [-0.05, 0) is 13.3 Å². The number of esters is 1. The summed E-state index contributed by atoms with van der Waals surface area (Å²) in [4.78, 5) is 23.2. The number of carbonyl (C=O) groups excluding carboxylic acids is 2. The second kappa shape index (κ2) is 6.77. The van der Waals surface area contributed by atoms with Gasteiger partial charge in [0.2, 0.25) is 0 Å². The van der Waals surface area contributed by atoms with Crippen molar-refractivity contribution in [1.29, 1.82) is 0 Å². The third-order valence-electron chi connectivity index (χ3n) is 2.65. The number of anilines is 1. The van der Waals surface area contributed by atoms with Crippen LogP contribution in [-0.2, 0) is 16.6 Å². The predicted molar refractivity (Wildman–Crippen MR) is 70.6 cm³/mol. The quantitative estimate of drug-likeness (QED) is 0.574. The van der Waals surface area contributed by atoms with Crippen LogP contribution in [0.15, 0.2) is 0 Å². The smallest absolute Gasteiger partial charge is 0.359 e. The molecular weight excluding hydrogens is 248 g/mol. The van der Waals surface area contributed by atoms with Crippen LogP contribution in [-0.4, -0.2) is 34.8 Å². The van der Waals surface area contributed by atoms with Gasteiger partial charge in [0.15, 0.2) is 12.3 Å². The average molecular weight is 268 g/mol. The van der Waals surface area contributed by atoms with E-state index in [1.54, 1.807) is 14.0 Å². The Hall–Kier alpha value is -2.05. The highest BCUT2D eigenvalue weighted by Gasteiger charge is 2.20. The van der Waals surface area contributed by atoms with Crippen LogP contribution >= 0.6 is 0 Å². The summed E-state index contributed by atoms with van der Waals surface area (Å²) in [6.07, 6.45) is 1.89. The third-order valence-corrected chi connectivity index (χ3v) is 2.65. The SMILES string of the molecule is CCCCNC(=O)COC(=O)c1c(N)c(C)nn1C. The monoisotopic (exact) mass is 268 g/mol. The highest BCUT2D eigenvalue weighted by Crippen LogP contribution is 2.15. The van der Waals surface area contributed by atoms with Crippen LogP contribution in [0.5, 0.6) is 0 Å². The van der Waals surface area contributed by atoms with Gasteiger partial charge in [-0.3, -0.25) is 9.48 Å². The second-order valence-corrected chi connectivity index (χ2v) is 4.25. The molecule has 19 heavy (non-hydrogen) atoms. The number of aryl methyl sites for hydroxylation is 2. The standard InChI is InChI=1S/C12H20N4O3/c1-4-5-6-14-9(17)7-19-12(18)11-10(13)8(2)15-16(11)3/h4-7,13H2,1-3H3,(H,14,17). The first kappa shape index (κ1) is 15.0. The maximum absolute atomic E-state index is 11.8. The highest BCUT2D eigenvalue weighted by molar-refractivity contribution is 5.95. The lowest BCUT2D eigenvalue weighted by Crippen LogP contribution is -2.30. The number of unbranched alkanes of at least 4 members (excludes halogenated alkanes) is 1. The number of ether oxygens (including phenoxy) is 1. The zero-order chi connectivity index (χ0) is 14.4. The molecule has 106 valence electrons. The van der Waals surface area contributed by atoms with Gasteiger partial charge < -0.3 is 15.8 Å². The van der Waals surface area contributed by atoms with Gasteiger partial charge in [-0.25, -0.2) is 4.79 Å². The Morgan fingerprint density at radius 3 is 2.68 bits per heavy atom. The maximum atomic E-state index is 11.8. The van der Waals surface area contributed by atoms with Gasteiger partial charge in [-0.1, -0.05) is 13.3 Å². The highest BCUT2D eigenvalue weighted by atomic mass is 16.5. The van der Waals surface area contributed by atoms with E-state index in [1.807, 2.05) is 6.92 Å². The van der Waals surface area contributed by atoms with Crippen molar-refractivity contribution < 1.29 is 14.3 Å². The molecule has 1 aromatic heterocycles. The van der Waals surface area contributed by atoms with Crippen molar-refractivity contribution >= 4 is 17.6 Å². The number of hydrogen-bond donors (Lipinski definition) is 2. The molecule has 3 N–H and O–H groups in total. The maximum Gasteiger partial charge on any atom is 0.359 e. The molecule has 1 amide bonds. The zero-order valence-electron chi connectivity index (χ0n) is 11.5. The van der Waals surface area contributed by atoms with E-state index in [0.29, 0.717) is 12.2 Å². The fourth-order valence-corrected chi connectivity index (χ4v) is 1.57. The molecule has 0 unspecified atom stereocenters. The summed E-state index contributed by atoms with van der Waals surface area (Å²) in [6, 6.07) is 0. The van der Waals surface area contributed by atoms with Gasteiger partial charge in [0.25, 0.3) is 5.91 Å². The fourth-order valence-electron chi connectivity index (χ4n) is 1.57. The van der Waals surface area contributed by atoms with Gasteiger partial charge in [0.05, 0.1) is 11.4 Å². The molecular formula is C12H20N4O3. The van der Waals surface area contributed by atoms with Crippen molar-refractivity contribution in [2.45, 2.75) is 26.7 Å². The fraction of sp³-hybridized carbons (Fsp3) is 0.583. The molecule has 0 aromatic carbocycles. The predicted octanol–water partition coefficient (Wildman–Crippen LogP) is 0.384. The minimum Gasteiger partial charge on any atom is -0.451 e. The van der Waals surface area contributed by atoms with Crippen molar-refractivity contribution in [3.63, 3.8) is 0 Å². The van der Waals surface area contributed by atoms with Crippen LogP contribution in [0.25, 0.3) is 0 Å². The van der Waals surface area contributed by atoms with Crippen LogP contribution in [0.1, 0.15) is 35.9 Å². The number of nitrogens with one attached hydrogen (secondary N) is 1. The van der Waals surface area contributed by atoms with Crippen LogP contribution < -0.4 is 11.1 Å². The zero-order valence-corrected chi connectivity index (χ0v) is 11.5. The van der Waals surface area contributed by atoms with E-state index in [0.717, 1.165) is 12.8 Å². The van der Waals surface area contributed by atoms with Gasteiger partial charge in [0, 0.05) is 13.6 Å². The average Bonchev–Trinajstić information content (AvgIpc) is 2.61. The van der Waals surface area contributed by atoms with E-state index >= 15 is 0 Å². The van der Waals surface area contributed by atoms with E-state index in [9.17, 15) is 9.59 Å². The van der Waals surface area contributed by atoms with Gasteiger partial charge in [-0.2, -0.15) is 5.10 Å². The molecule has 7 heteroatoms. The Morgan fingerprint density at radius 2 is 2.16 bits per heavy atom. The summed E-state index contributed by atoms with van der Waals surface area (Å²) in [5.41, 5.74) is 6.72. The number of rotatable bonds is 6. The van der Waals surface area contributed by atoms with Crippen molar-refractivity contribution in [3.8, 4) is 0 Å². The first-order chi connectivity index (χ1) is 8.97. The van der Waals surface area contributed by atoms with Crippen LogP contribution in [0, 0.1) is 6.92 Å². The number of nitrogens with zero attached hydrogens (tertiary/aromatic N) is 2. The second-order valence-electron chi connectivity index (χ2n) is 4.25. The summed E-state index contributed by atoms with van der Waals surface area (Å²) >= 11 is 0. The largest absolute Gasteiger partial charge is 0.451 e. The molecule has 0 aliphatic heterocycles. The van der Waals surface area contributed by atoms with Crippen molar-refractivity contribution in [3.05, 3.63) is 11.4 Å². The Morgan fingerprint density at radius 1 is 1.47 bits per heavy atom. The van der Waals surface area contributed by atoms with Crippen molar-refractivity contribution in [1.82, 2.24) is 15.1 Å². The summed E-state index contributed by atoms with van der Waals surface area (Å²) in [5.74, 6) is -0.967. The van der Waals surface area contributed by atoms with E-state index in [4.69, 9.17) is 10.5 Å². The lowest BCUT2D eigenvalue weighted by molar-refractivity contribution is -0.124. The van der Waals surface area contributed by atoms with Crippen LogP contribution in [0.4, 0.5) is 5.69 Å². The normalized spacial score (nSPS) is 10.3. The first-order valence-electron chi connectivity index (χ1n) is 6.20. The number of nitrogens with two attached hydrogens (primary N) is 1. The Balaban J connectivity index is 2.49. The summed E-state index contributed by atoms with van der Waals surface area (Å²) in [7, 11) is 1.60. The molecule has 0 atom stereocenters. The van der Waals surface area contributed by atoms with Crippen molar-refractivity contribution in [2.24, 2.45) is 7.05 Å². The number of nitrogen functional groups attached to an aromatic ring is 1. The molecule has 0 fully saturated rings. The topological polar surface area (TPSA) is 99.2 Å².